The third kappa shape index (κ3) is 2.77. The van der Waals surface area contributed by atoms with Gasteiger partial charge in [-0.15, -0.1) is 0 Å². The smallest absolute Gasteiger partial charge is 0.241 e. The summed E-state index contributed by atoms with van der Waals surface area (Å²) in [6.07, 6.45) is 6.82. The Labute approximate surface area is 112 Å². The molecule has 1 heterocycles. The van der Waals surface area contributed by atoms with E-state index in [0.29, 0.717) is 11.7 Å². The van der Waals surface area contributed by atoms with Crippen LogP contribution in [0.5, 0.6) is 0 Å². The molecule has 1 aliphatic heterocycles. The predicted molar refractivity (Wildman–Crippen MR) is 73.6 cm³/mol. The van der Waals surface area contributed by atoms with E-state index in [1.807, 2.05) is 18.7 Å². The van der Waals surface area contributed by atoms with Crippen molar-refractivity contribution in [1.29, 1.82) is 0 Å². The first kappa shape index (κ1) is 14.0. The fourth-order valence-electron chi connectivity index (χ4n) is 3.32. The molecular weight excluding hydrogens is 248 g/mol. The summed E-state index contributed by atoms with van der Waals surface area (Å²) in [6.45, 7) is 3.95. The lowest BCUT2D eigenvalue weighted by atomic mass is 10.0. The van der Waals surface area contributed by atoms with E-state index in [2.05, 4.69) is 5.32 Å². The molecule has 2 rings (SSSR count). The van der Waals surface area contributed by atoms with E-state index in [4.69, 9.17) is 0 Å². The van der Waals surface area contributed by atoms with Crippen molar-refractivity contribution in [1.82, 2.24) is 10.2 Å². The van der Waals surface area contributed by atoms with Crippen molar-refractivity contribution in [2.75, 3.05) is 12.0 Å². The van der Waals surface area contributed by atoms with Crippen LogP contribution in [0, 0.1) is 5.92 Å². The first-order valence-corrected chi connectivity index (χ1v) is 8.61. The second kappa shape index (κ2) is 5.70. The molecule has 0 aromatic rings. The largest absolute Gasteiger partial charge is 0.322 e. The van der Waals surface area contributed by atoms with Crippen LogP contribution in [0.25, 0.3) is 0 Å². The quantitative estimate of drug-likeness (QED) is 0.833. The van der Waals surface area contributed by atoms with Gasteiger partial charge in [0.1, 0.15) is 0 Å². The van der Waals surface area contributed by atoms with E-state index < -0.39 is 10.8 Å². The number of hydrogen-bond donors (Lipinski definition) is 1. The van der Waals surface area contributed by atoms with E-state index in [1.54, 1.807) is 6.26 Å². The molecule has 4 atom stereocenters. The molecular formula is C13H24N2O2S. The lowest BCUT2D eigenvalue weighted by molar-refractivity contribution is -0.131. The van der Waals surface area contributed by atoms with Crippen molar-refractivity contribution in [2.24, 2.45) is 5.92 Å². The molecule has 4 unspecified atom stereocenters. The molecule has 0 aromatic heterocycles. The molecule has 4 nitrogen and oxygen atoms in total. The van der Waals surface area contributed by atoms with E-state index >= 15 is 0 Å². The summed E-state index contributed by atoms with van der Waals surface area (Å²) in [6, 6.07) is -0.0327. The number of carbonyl (C=O) groups is 1. The lowest BCUT2D eigenvalue weighted by Crippen LogP contribution is -2.48. The zero-order valence-electron chi connectivity index (χ0n) is 11.5. The Bertz CT molecular complexity index is 342. The molecule has 1 saturated heterocycles. The Balaban J connectivity index is 2.11. The van der Waals surface area contributed by atoms with Gasteiger partial charge in [0.15, 0.2) is 0 Å². The average molecular weight is 272 g/mol. The van der Waals surface area contributed by atoms with E-state index in [0.717, 1.165) is 0 Å². The van der Waals surface area contributed by atoms with Crippen molar-refractivity contribution < 1.29 is 9.00 Å². The SMILES string of the molecule is CC1NC(C2CCCC2)N(C(C)CS(C)=O)C1=O. The van der Waals surface area contributed by atoms with Gasteiger partial charge in [-0.3, -0.25) is 14.3 Å². The van der Waals surface area contributed by atoms with Crippen LogP contribution in [0.4, 0.5) is 0 Å². The van der Waals surface area contributed by atoms with Gasteiger partial charge in [0, 0.05) is 28.9 Å². The molecule has 1 amide bonds. The highest BCUT2D eigenvalue weighted by Gasteiger charge is 2.43. The van der Waals surface area contributed by atoms with Gasteiger partial charge in [-0.05, 0) is 32.6 Å². The molecule has 0 radical (unpaired) electrons. The molecule has 2 aliphatic rings. The number of nitrogens with zero attached hydrogens (tertiary/aromatic N) is 1. The van der Waals surface area contributed by atoms with Crippen LogP contribution in [0.3, 0.4) is 0 Å². The maximum Gasteiger partial charge on any atom is 0.241 e. The molecule has 18 heavy (non-hydrogen) atoms. The Morgan fingerprint density at radius 3 is 2.61 bits per heavy atom. The first-order chi connectivity index (χ1) is 8.50. The third-order valence-electron chi connectivity index (χ3n) is 4.14. The summed E-state index contributed by atoms with van der Waals surface area (Å²) in [5, 5.41) is 3.43. The number of hydrogen-bond acceptors (Lipinski definition) is 3. The van der Waals surface area contributed by atoms with Crippen LogP contribution < -0.4 is 5.32 Å². The van der Waals surface area contributed by atoms with Gasteiger partial charge in [0.25, 0.3) is 0 Å². The Morgan fingerprint density at radius 1 is 1.44 bits per heavy atom. The topological polar surface area (TPSA) is 49.4 Å². The van der Waals surface area contributed by atoms with E-state index in [-0.39, 0.29) is 24.2 Å². The molecule has 1 saturated carbocycles. The van der Waals surface area contributed by atoms with Crippen LogP contribution in [0.15, 0.2) is 0 Å². The highest BCUT2D eigenvalue weighted by atomic mass is 32.2. The summed E-state index contributed by atoms with van der Waals surface area (Å²) in [4.78, 5) is 14.2. The molecule has 5 heteroatoms. The van der Waals surface area contributed by atoms with E-state index in [1.165, 1.54) is 25.7 Å². The number of rotatable bonds is 4. The van der Waals surface area contributed by atoms with E-state index in [9.17, 15) is 9.00 Å². The summed E-state index contributed by atoms with van der Waals surface area (Å²) in [7, 11) is -0.856. The highest BCUT2D eigenvalue weighted by Crippen LogP contribution is 2.32. The van der Waals surface area contributed by atoms with Crippen molar-refractivity contribution in [3.63, 3.8) is 0 Å². The van der Waals surface area contributed by atoms with Crippen molar-refractivity contribution in [2.45, 2.75) is 57.8 Å². The minimum absolute atomic E-state index is 0.0615. The normalized spacial score (nSPS) is 33.1. The number of carbonyl (C=O) groups excluding carboxylic acids is 1. The fourth-order valence-corrected chi connectivity index (χ4v) is 4.16. The van der Waals surface area contributed by atoms with Gasteiger partial charge in [-0.2, -0.15) is 0 Å². The van der Waals surface area contributed by atoms with Gasteiger partial charge in [-0.25, -0.2) is 0 Å². The van der Waals surface area contributed by atoms with Gasteiger partial charge in [-0.1, -0.05) is 12.8 Å². The monoisotopic (exact) mass is 272 g/mol. The van der Waals surface area contributed by atoms with Crippen LogP contribution in [0.1, 0.15) is 39.5 Å². The molecule has 0 bridgehead atoms. The standard InChI is InChI=1S/C13H24N2O2S/c1-9(8-18(3)17)15-12(11-6-4-5-7-11)14-10(2)13(15)16/h9-12,14H,4-8H2,1-3H3. The highest BCUT2D eigenvalue weighted by molar-refractivity contribution is 7.84. The van der Waals surface area contributed by atoms with Crippen LogP contribution in [0.2, 0.25) is 0 Å². The van der Waals surface area contributed by atoms with Gasteiger partial charge in [0.05, 0.1) is 12.2 Å². The third-order valence-corrected chi connectivity index (χ3v) is 5.09. The molecule has 1 aliphatic carbocycles. The minimum atomic E-state index is -0.856. The van der Waals surface area contributed by atoms with Crippen LogP contribution in [-0.4, -0.2) is 45.3 Å². The van der Waals surface area contributed by atoms with Gasteiger partial charge in [0.2, 0.25) is 5.91 Å². The van der Waals surface area contributed by atoms with Crippen molar-refractivity contribution in [3.8, 4) is 0 Å². The summed E-state index contributed by atoms with van der Waals surface area (Å²) < 4.78 is 11.4. The van der Waals surface area contributed by atoms with Gasteiger partial charge >= 0.3 is 0 Å². The number of amides is 1. The molecule has 0 aromatic carbocycles. The number of nitrogens with one attached hydrogen (secondary N) is 1. The summed E-state index contributed by atoms with van der Waals surface area (Å²) in [5.74, 6) is 1.32. The Kier molecular flexibility index (Phi) is 4.43. The lowest BCUT2D eigenvalue weighted by Gasteiger charge is -2.33. The fraction of sp³-hybridized carbons (Fsp3) is 0.923. The second-order valence-corrected chi connectivity index (χ2v) is 7.19. The average Bonchev–Trinajstić information content (AvgIpc) is 2.87. The van der Waals surface area contributed by atoms with Crippen LogP contribution >= 0.6 is 0 Å². The molecule has 2 fully saturated rings. The molecule has 104 valence electrons. The summed E-state index contributed by atoms with van der Waals surface area (Å²) in [5.41, 5.74) is 0. The van der Waals surface area contributed by atoms with Gasteiger partial charge < -0.3 is 4.90 Å². The van der Waals surface area contributed by atoms with Crippen molar-refractivity contribution >= 4 is 16.7 Å². The molecule has 1 N–H and O–H groups in total. The minimum Gasteiger partial charge on any atom is -0.322 e. The zero-order valence-corrected chi connectivity index (χ0v) is 12.3. The molecule has 0 spiro atoms. The van der Waals surface area contributed by atoms with Crippen molar-refractivity contribution in [3.05, 3.63) is 0 Å². The first-order valence-electron chi connectivity index (χ1n) is 6.89. The summed E-state index contributed by atoms with van der Waals surface area (Å²) >= 11 is 0. The zero-order chi connectivity index (χ0) is 13.3. The van der Waals surface area contributed by atoms with Crippen LogP contribution in [-0.2, 0) is 15.6 Å². The predicted octanol–water partition coefficient (Wildman–Crippen LogP) is 1.09. The maximum atomic E-state index is 12.3. The maximum absolute atomic E-state index is 12.3. The Hall–Kier alpha value is -0.420. The Morgan fingerprint density at radius 2 is 2.06 bits per heavy atom. The second-order valence-electron chi connectivity index (χ2n) is 5.71.